The van der Waals surface area contributed by atoms with E-state index in [1.54, 1.807) is 18.2 Å². The topological polar surface area (TPSA) is 65.8 Å². The molecule has 19 heavy (non-hydrogen) atoms. The number of anilines is 1. The first-order chi connectivity index (χ1) is 9.10. The number of carbonyl (C=O) groups excluding carboxylic acids is 1. The number of nitrogens with zero attached hydrogens (tertiary/aromatic N) is 2. The van der Waals surface area contributed by atoms with Crippen LogP contribution in [0, 0.1) is 11.3 Å². The van der Waals surface area contributed by atoms with Crippen LogP contribution in [0.15, 0.2) is 36.5 Å². The largest absolute Gasteiger partial charge is 0.321 e. The molecule has 1 amide bonds. The van der Waals surface area contributed by atoms with E-state index in [4.69, 9.17) is 28.5 Å². The molecule has 94 valence electrons. The highest BCUT2D eigenvalue weighted by molar-refractivity contribution is 6.32. The molecule has 0 aliphatic heterocycles. The van der Waals surface area contributed by atoms with Gasteiger partial charge in [0.2, 0.25) is 0 Å². The Hall–Kier alpha value is -2.09. The fraction of sp³-hybridized carbons (Fsp3) is 0. The molecule has 0 bridgehead atoms. The quantitative estimate of drug-likeness (QED) is 0.921. The number of nitrogens with one attached hydrogen (secondary N) is 1. The van der Waals surface area contributed by atoms with Crippen molar-refractivity contribution in [3.63, 3.8) is 0 Å². The molecule has 0 saturated heterocycles. The summed E-state index contributed by atoms with van der Waals surface area (Å²) in [5, 5.41) is 12.2. The number of carbonyl (C=O) groups is 1. The van der Waals surface area contributed by atoms with E-state index in [0.29, 0.717) is 21.3 Å². The van der Waals surface area contributed by atoms with Crippen molar-refractivity contribution in [2.24, 2.45) is 0 Å². The number of benzene rings is 1. The van der Waals surface area contributed by atoms with Gasteiger partial charge in [-0.25, -0.2) is 0 Å². The lowest BCUT2D eigenvalue weighted by molar-refractivity contribution is 0.102. The minimum Gasteiger partial charge on any atom is -0.321 e. The Labute approximate surface area is 119 Å². The van der Waals surface area contributed by atoms with Crippen LogP contribution >= 0.6 is 23.2 Å². The zero-order valence-corrected chi connectivity index (χ0v) is 11.0. The lowest BCUT2D eigenvalue weighted by Gasteiger charge is -2.05. The van der Waals surface area contributed by atoms with E-state index < -0.39 is 5.91 Å². The van der Waals surface area contributed by atoms with E-state index in [-0.39, 0.29) is 5.69 Å². The van der Waals surface area contributed by atoms with Gasteiger partial charge in [0.05, 0.1) is 10.6 Å². The van der Waals surface area contributed by atoms with Crippen LogP contribution in [0.4, 0.5) is 5.69 Å². The van der Waals surface area contributed by atoms with Gasteiger partial charge in [-0.2, -0.15) is 5.26 Å². The van der Waals surface area contributed by atoms with Crippen molar-refractivity contribution in [2.75, 3.05) is 5.32 Å². The maximum Gasteiger partial charge on any atom is 0.274 e. The first-order valence-corrected chi connectivity index (χ1v) is 5.98. The number of rotatable bonds is 2. The van der Waals surface area contributed by atoms with Crippen molar-refractivity contribution >= 4 is 34.8 Å². The van der Waals surface area contributed by atoms with Crippen LogP contribution in [-0.2, 0) is 0 Å². The Balaban J connectivity index is 2.22. The fourth-order valence-corrected chi connectivity index (χ4v) is 1.73. The standard InChI is InChI=1S/C13H7Cl2N3O/c14-9-3-4-17-12(6-9)13(19)18-10-1-2-11(15)8(5-10)7-16/h1-6H,(H,18,19). The van der Waals surface area contributed by atoms with Gasteiger partial charge in [0.25, 0.3) is 5.91 Å². The molecule has 0 aliphatic carbocycles. The molecule has 0 saturated carbocycles. The highest BCUT2D eigenvalue weighted by Gasteiger charge is 2.09. The molecule has 2 aromatic rings. The average Bonchev–Trinajstić information content (AvgIpc) is 2.41. The first-order valence-electron chi connectivity index (χ1n) is 5.22. The minimum absolute atomic E-state index is 0.195. The number of hydrogen-bond donors (Lipinski definition) is 1. The average molecular weight is 292 g/mol. The third kappa shape index (κ3) is 3.22. The zero-order chi connectivity index (χ0) is 13.8. The molecule has 1 aromatic heterocycles. The minimum atomic E-state index is -0.409. The second-order valence-corrected chi connectivity index (χ2v) is 4.46. The van der Waals surface area contributed by atoms with Gasteiger partial charge < -0.3 is 5.32 Å². The van der Waals surface area contributed by atoms with E-state index in [0.717, 1.165) is 0 Å². The van der Waals surface area contributed by atoms with Crippen molar-refractivity contribution in [3.05, 3.63) is 57.8 Å². The Bertz CT molecular complexity index is 680. The monoisotopic (exact) mass is 291 g/mol. The second-order valence-electron chi connectivity index (χ2n) is 3.62. The molecule has 6 heteroatoms. The van der Waals surface area contributed by atoms with Gasteiger partial charge >= 0.3 is 0 Å². The Morgan fingerprint density at radius 2 is 2.05 bits per heavy atom. The number of amides is 1. The van der Waals surface area contributed by atoms with Gasteiger partial charge in [-0.05, 0) is 30.3 Å². The molecule has 2 rings (SSSR count). The summed E-state index contributed by atoms with van der Waals surface area (Å²) in [6.45, 7) is 0. The van der Waals surface area contributed by atoms with Gasteiger partial charge in [-0.1, -0.05) is 23.2 Å². The number of hydrogen-bond acceptors (Lipinski definition) is 3. The van der Waals surface area contributed by atoms with Gasteiger partial charge in [0.1, 0.15) is 11.8 Å². The highest BCUT2D eigenvalue weighted by Crippen LogP contribution is 2.20. The molecule has 0 fully saturated rings. The van der Waals surface area contributed by atoms with Crippen LogP contribution in [-0.4, -0.2) is 10.9 Å². The van der Waals surface area contributed by atoms with Crippen LogP contribution in [0.3, 0.4) is 0 Å². The van der Waals surface area contributed by atoms with E-state index in [2.05, 4.69) is 10.3 Å². The molecule has 0 unspecified atom stereocenters. The molecule has 0 radical (unpaired) electrons. The van der Waals surface area contributed by atoms with E-state index in [1.807, 2.05) is 6.07 Å². The lowest BCUT2D eigenvalue weighted by atomic mass is 10.2. The van der Waals surface area contributed by atoms with Crippen molar-refractivity contribution in [1.29, 1.82) is 5.26 Å². The molecule has 1 heterocycles. The lowest BCUT2D eigenvalue weighted by Crippen LogP contribution is -2.13. The molecule has 0 aliphatic rings. The summed E-state index contributed by atoms with van der Waals surface area (Å²) in [4.78, 5) is 15.8. The summed E-state index contributed by atoms with van der Waals surface area (Å²) in [7, 11) is 0. The summed E-state index contributed by atoms with van der Waals surface area (Å²) >= 11 is 11.6. The fourth-order valence-electron chi connectivity index (χ4n) is 1.41. The van der Waals surface area contributed by atoms with E-state index >= 15 is 0 Å². The predicted molar refractivity (Wildman–Crippen MR) is 73.4 cm³/mol. The summed E-state index contributed by atoms with van der Waals surface area (Å²) in [6, 6.07) is 9.61. The van der Waals surface area contributed by atoms with Gasteiger partial charge in [-0.3, -0.25) is 9.78 Å². The van der Waals surface area contributed by atoms with Crippen molar-refractivity contribution in [2.45, 2.75) is 0 Å². The summed E-state index contributed by atoms with van der Waals surface area (Å²) < 4.78 is 0. The smallest absolute Gasteiger partial charge is 0.274 e. The van der Waals surface area contributed by atoms with Gasteiger partial charge in [0, 0.05) is 16.9 Å². The molecule has 1 N–H and O–H groups in total. The third-order valence-corrected chi connectivity index (χ3v) is 2.86. The van der Waals surface area contributed by atoms with Crippen LogP contribution in [0.25, 0.3) is 0 Å². The Morgan fingerprint density at radius 1 is 1.26 bits per heavy atom. The summed E-state index contributed by atoms with van der Waals surface area (Å²) in [5.41, 5.74) is 0.951. The first kappa shape index (κ1) is 13.3. The van der Waals surface area contributed by atoms with Crippen LogP contribution < -0.4 is 5.32 Å². The molecular weight excluding hydrogens is 285 g/mol. The van der Waals surface area contributed by atoms with Crippen molar-refractivity contribution in [1.82, 2.24) is 4.98 Å². The second kappa shape index (κ2) is 5.70. The predicted octanol–water partition coefficient (Wildman–Crippen LogP) is 3.51. The normalized spacial score (nSPS) is 9.74. The summed E-state index contributed by atoms with van der Waals surface area (Å²) in [5.74, 6) is -0.409. The molecule has 0 spiro atoms. The van der Waals surface area contributed by atoms with Crippen molar-refractivity contribution < 1.29 is 4.79 Å². The van der Waals surface area contributed by atoms with Crippen molar-refractivity contribution in [3.8, 4) is 6.07 Å². The number of pyridine rings is 1. The zero-order valence-electron chi connectivity index (χ0n) is 9.52. The molecular formula is C13H7Cl2N3O. The molecule has 1 aromatic carbocycles. The SMILES string of the molecule is N#Cc1cc(NC(=O)c2cc(Cl)ccn2)ccc1Cl. The van der Waals surface area contributed by atoms with E-state index in [1.165, 1.54) is 18.3 Å². The molecule has 4 nitrogen and oxygen atoms in total. The highest BCUT2D eigenvalue weighted by atomic mass is 35.5. The number of nitriles is 1. The third-order valence-electron chi connectivity index (χ3n) is 2.30. The van der Waals surface area contributed by atoms with Crippen LogP contribution in [0.2, 0.25) is 10.0 Å². The van der Waals surface area contributed by atoms with E-state index in [9.17, 15) is 4.79 Å². The Morgan fingerprint density at radius 3 is 2.74 bits per heavy atom. The number of aromatic nitrogens is 1. The maximum absolute atomic E-state index is 11.9. The van der Waals surface area contributed by atoms with Crippen LogP contribution in [0.5, 0.6) is 0 Å². The maximum atomic E-state index is 11.9. The Kier molecular flexibility index (Phi) is 4.00. The summed E-state index contributed by atoms with van der Waals surface area (Å²) in [6.07, 6.45) is 1.44. The molecule has 0 atom stereocenters. The van der Waals surface area contributed by atoms with Crippen LogP contribution in [0.1, 0.15) is 16.1 Å². The van der Waals surface area contributed by atoms with Gasteiger partial charge in [-0.15, -0.1) is 0 Å². The van der Waals surface area contributed by atoms with Gasteiger partial charge in [0.15, 0.2) is 0 Å². The number of halogens is 2.